The predicted octanol–water partition coefficient (Wildman–Crippen LogP) is 2.76. The van der Waals surface area contributed by atoms with Crippen LogP contribution in [0.5, 0.6) is 0 Å². The molecule has 4 heteroatoms. The van der Waals surface area contributed by atoms with Gasteiger partial charge in [0.25, 0.3) is 0 Å². The van der Waals surface area contributed by atoms with Crippen LogP contribution in [-0.2, 0) is 65.4 Å². The van der Waals surface area contributed by atoms with E-state index in [1.54, 1.807) is 6.07 Å². The Kier molecular flexibility index (Phi) is 23.3. The van der Waals surface area contributed by atoms with Crippen LogP contribution < -0.4 is 0 Å². The van der Waals surface area contributed by atoms with Gasteiger partial charge < -0.3 is 6.58 Å². The summed E-state index contributed by atoms with van der Waals surface area (Å²) < 4.78 is 0. The molecule has 1 aromatic rings. The van der Waals surface area contributed by atoms with E-state index in [-0.39, 0.29) is 65.4 Å². The van der Waals surface area contributed by atoms with Crippen LogP contribution in [0.3, 0.4) is 0 Å². The number of aliphatic imine (C=N–C) groups is 2. The maximum Gasteiger partial charge on any atom is 0 e. The molecule has 76 valence electrons. The third kappa shape index (κ3) is 14.1. The maximum absolute atomic E-state index is 4.74. The van der Waals surface area contributed by atoms with Gasteiger partial charge in [0.2, 0.25) is 0 Å². The molecule has 0 saturated carbocycles. The van der Waals surface area contributed by atoms with Gasteiger partial charge in [-0.2, -0.15) is 24.3 Å². The zero-order chi connectivity index (χ0) is 10.6. The molecule has 0 unspecified atom stereocenters. The molecular formula is C12H10N2Y2-2. The van der Waals surface area contributed by atoms with Crippen molar-refractivity contribution in [3.8, 4) is 0 Å². The third-order valence-corrected chi connectivity index (χ3v) is 1.06. The summed E-state index contributed by atoms with van der Waals surface area (Å²) in [6.07, 6.45) is 1.13. The van der Waals surface area contributed by atoms with Gasteiger partial charge in [0, 0.05) is 65.4 Å². The van der Waals surface area contributed by atoms with Crippen LogP contribution in [0.4, 0.5) is 5.69 Å². The molecule has 0 atom stereocenters. The Balaban J connectivity index is -0.000000214. The van der Waals surface area contributed by atoms with E-state index in [9.17, 15) is 0 Å². The molecule has 0 saturated heterocycles. The van der Waals surface area contributed by atoms with Gasteiger partial charge in [0.05, 0.1) is 0 Å². The zero-order valence-corrected chi connectivity index (χ0v) is 14.6. The predicted molar refractivity (Wildman–Crippen MR) is 59.9 cm³/mol. The van der Waals surface area contributed by atoms with Crippen molar-refractivity contribution >= 4 is 17.4 Å². The first-order valence-electron chi connectivity index (χ1n) is 3.80. The second-order valence-electron chi connectivity index (χ2n) is 1.95. The minimum atomic E-state index is 0. The molecule has 0 bridgehead atoms. The zero-order valence-electron chi connectivity index (χ0n) is 8.93. The molecule has 0 heterocycles. The molecule has 2 radical (unpaired) electrons. The van der Waals surface area contributed by atoms with Crippen molar-refractivity contribution in [3.05, 3.63) is 56.3 Å². The van der Waals surface area contributed by atoms with Gasteiger partial charge in [-0.25, -0.2) is 4.99 Å². The molecule has 0 N–H and O–H groups in total. The van der Waals surface area contributed by atoms with Crippen molar-refractivity contribution in [2.45, 2.75) is 0 Å². The Bertz CT molecular complexity index is 362. The molecule has 0 aliphatic carbocycles. The molecule has 2 nitrogen and oxygen atoms in total. The largest absolute Gasteiger partial charge is 0.494 e. The number of hydrogen-bond donors (Lipinski definition) is 0. The fourth-order valence-electron chi connectivity index (χ4n) is 0.591. The van der Waals surface area contributed by atoms with E-state index in [0.717, 1.165) is 11.9 Å². The van der Waals surface area contributed by atoms with Crippen molar-refractivity contribution in [1.82, 2.24) is 0 Å². The number of rotatable bonds is 2. The van der Waals surface area contributed by atoms with Crippen LogP contribution in [0.2, 0.25) is 0 Å². The van der Waals surface area contributed by atoms with E-state index in [2.05, 4.69) is 40.9 Å². The van der Waals surface area contributed by atoms with E-state index in [4.69, 9.17) is 6.58 Å². The van der Waals surface area contributed by atoms with E-state index in [0.29, 0.717) is 0 Å². The third-order valence-electron chi connectivity index (χ3n) is 1.06. The molecular weight excluding hydrogens is 350 g/mol. The molecule has 0 aliphatic heterocycles. The van der Waals surface area contributed by atoms with Crippen LogP contribution in [-0.4, -0.2) is 11.7 Å². The van der Waals surface area contributed by atoms with Gasteiger partial charge in [-0.1, -0.05) is 0 Å². The Morgan fingerprint density at radius 3 is 2.25 bits per heavy atom. The molecule has 0 aliphatic rings. The van der Waals surface area contributed by atoms with Gasteiger partial charge in [0.15, 0.2) is 0 Å². The summed E-state index contributed by atoms with van der Waals surface area (Å²) in [5, 5.41) is 0. The number of para-hydroxylation sites is 1. The summed E-state index contributed by atoms with van der Waals surface area (Å²) in [4.78, 5) is 7.05. The fourth-order valence-corrected chi connectivity index (χ4v) is 0.591. The van der Waals surface area contributed by atoms with E-state index < -0.39 is 0 Å². The summed E-state index contributed by atoms with van der Waals surface area (Å²) in [5.74, 6) is 4.64. The standard InChI is InChI=1S/C8H6N.C4H4N.2Y/c1-2-9-8-6-4-3-5-7-8;1-3-5-4-2;;/h3-6H,1H2;1,3H,2H2;;/q2*-1;;. The first-order chi connectivity index (χ1) is 6.85. The van der Waals surface area contributed by atoms with Gasteiger partial charge in [-0.3, -0.25) is 4.99 Å². The number of hydrogen-bond acceptors (Lipinski definition) is 2. The van der Waals surface area contributed by atoms with Crippen LogP contribution in [0.1, 0.15) is 0 Å². The Hall–Kier alpha value is 0.0678. The van der Waals surface area contributed by atoms with Gasteiger partial charge in [0.1, 0.15) is 0 Å². The molecule has 0 amide bonds. The van der Waals surface area contributed by atoms with Crippen molar-refractivity contribution < 1.29 is 65.4 Å². The van der Waals surface area contributed by atoms with Crippen molar-refractivity contribution in [2.24, 2.45) is 9.98 Å². The SMILES string of the molecule is C=C=Nc1[c-]cccc1.[CH-]=CN=C=C.[Y].[Y]. The van der Waals surface area contributed by atoms with Gasteiger partial charge in [-0.05, 0) is 30.6 Å². The normalized spacial score (nSPS) is 6.00. The van der Waals surface area contributed by atoms with Crippen molar-refractivity contribution in [2.75, 3.05) is 0 Å². The first kappa shape index (κ1) is 21.4. The fraction of sp³-hybridized carbons (Fsp3) is 0. The summed E-state index contributed by atoms with van der Waals surface area (Å²) >= 11 is 0. The van der Waals surface area contributed by atoms with Gasteiger partial charge in [-0.15, -0.1) is 12.3 Å². The molecule has 0 fully saturated rings. The number of benzene rings is 1. The number of nitrogens with zero attached hydrogens (tertiary/aromatic N) is 2. The average Bonchev–Trinajstić information content (AvgIpc) is 2.22. The maximum atomic E-state index is 4.74. The molecule has 0 aromatic heterocycles. The van der Waals surface area contributed by atoms with Gasteiger partial charge >= 0.3 is 0 Å². The van der Waals surface area contributed by atoms with Crippen molar-refractivity contribution in [3.63, 3.8) is 0 Å². The van der Waals surface area contributed by atoms with Crippen molar-refractivity contribution in [1.29, 1.82) is 0 Å². The molecule has 16 heavy (non-hydrogen) atoms. The van der Waals surface area contributed by atoms with E-state index in [1.807, 2.05) is 18.2 Å². The van der Waals surface area contributed by atoms with Crippen LogP contribution in [0.15, 0.2) is 53.6 Å². The smallest absolute Gasteiger partial charge is 0 e. The topological polar surface area (TPSA) is 24.7 Å². The molecule has 0 spiro atoms. The Morgan fingerprint density at radius 1 is 1.25 bits per heavy atom. The van der Waals surface area contributed by atoms with Crippen LogP contribution in [0.25, 0.3) is 0 Å². The average molecular weight is 360 g/mol. The minimum absolute atomic E-state index is 0. The second kappa shape index (κ2) is 17.5. The quantitative estimate of drug-likeness (QED) is 0.573. The summed E-state index contributed by atoms with van der Waals surface area (Å²) in [6.45, 7) is 11.2. The molecule has 1 rings (SSSR count). The Morgan fingerprint density at radius 2 is 1.94 bits per heavy atom. The monoisotopic (exact) mass is 360 g/mol. The second-order valence-corrected chi connectivity index (χ2v) is 1.95. The summed E-state index contributed by atoms with van der Waals surface area (Å²) in [7, 11) is 0. The minimum Gasteiger partial charge on any atom is -0.494 e. The molecule has 1 aromatic carbocycles. The van der Waals surface area contributed by atoms with E-state index in [1.165, 1.54) is 0 Å². The first-order valence-corrected chi connectivity index (χ1v) is 3.80. The van der Waals surface area contributed by atoms with Crippen LogP contribution >= 0.6 is 0 Å². The van der Waals surface area contributed by atoms with Crippen LogP contribution in [0, 0.1) is 12.6 Å². The summed E-state index contributed by atoms with van der Waals surface area (Å²) in [6, 6.07) is 10.3. The summed E-state index contributed by atoms with van der Waals surface area (Å²) in [5.41, 5.74) is 0.771. The Labute approximate surface area is 147 Å². The van der Waals surface area contributed by atoms with E-state index >= 15 is 0 Å².